The van der Waals surface area contributed by atoms with Gasteiger partial charge in [0.05, 0.1) is 0 Å². The molecule has 110 valence electrons. The molecule has 0 saturated carbocycles. The zero-order valence-electron chi connectivity index (χ0n) is 13.0. The van der Waals surface area contributed by atoms with E-state index in [1.54, 1.807) is 0 Å². The third kappa shape index (κ3) is 2.70. The third-order valence-corrected chi connectivity index (χ3v) is 4.85. The topological polar surface area (TPSA) is 18.5 Å². The molecular weight excluding hydrogens is 246 g/mol. The molecule has 0 aliphatic carbocycles. The number of aryl methyl sites for hydroxylation is 1. The van der Waals surface area contributed by atoms with Crippen LogP contribution in [0.3, 0.4) is 0 Å². The van der Waals surface area contributed by atoms with Crippen molar-refractivity contribution < 1.29 is 0 Å². The average molecular weight is 273 g/mol. The highest BCUT2D eigenvalue weighted by atomic mass is 15.2. The monoisotopic (exact) mass is 273 g/mol. The number of rotatable bonds is 1. The number of hydrogen-bond acceptors (Lipinski definition) is 3. The van der Waals surface area contributed by atoms with Crippen molar-refractivity contribution in [2.24, 2.45) is 0 Å². The molecule has 2 aliphatic rings. The molecule has 0 aromatic heterocycles. The molecule has 1 aromatic carbocycles. The van der Waals surface area contributed by atoms with Crippen molar-refractivity contribution in [2.75, 3.05) is 31.6 Å². The summed E-state index contributed by atoms with van der Waals surface area (Å²) in [6, 6.07) is 8.00. The molecule has 1 N–H and O–H groups in total. The predicted octanol–water partition coefficient (Wildman–Crippen LogP) is 2.39. The van der Waals surface area contributed by atoms with Crippen LogP contribution < -0.4 is 10.2 Å². The summed E-state index contributed by atoms with van der Waals surface area (Å²) in [4.78, 5) is 5.15. The van der Waals surface area contributed by atoms with E-state index in [1.807, 2.05) is 0 Å². The van der Waals surface area contributed by atoms with Crippen molar-refractivity contribution in [1.29, 1.82) is 0 Å². The summed E-state index contributed by atoms with van der Waals surface area (Å²) in [6.07, 6.45) is 2.58. The fourth-order valence-corrected chi connectivity index (χ4v) is 3.65. The fraction of sp³-hybridized carbons (Fsp3) is 0.647. The van der Waals surface area contributed by atoms with Gasteiger partial charge in [0.25, 0.3) is 0 Å². The number of benzene rings is 1. The Morgan fingerprint density at radius 2 is 1.95 bits per heavy atom. The van der Waals surface area contributed by atoms with Crippen LogP contribution >= 0.6 is 0 Å². The SMILES string of the molecule is Cc1cccc2c1N(C1CCN(C)CC1)CC(C)NC2. The van der Waals surface area contributed by atoms with Crippen LogP contribution in [0.1, 0.15) is 30.9 Å². The number of nitrogens with zero attached hydrogens (tertiary/aromatic N) is 2. The largest absolute Gasteiger partial charge is 0.366 e. The smallest absolute Gasteiger partial charge is 0.0444 e. The molecule has 1 atom stereocenters. The summed E-state index contributed by atoms with van der Waals surface area (Å²) in [7, 11) is 2.24. The molecular formula is C17H27N3. The Bertz CT molecular complexity index is 463. The molecule has 0 amide bonds. The van der Waals surface area contributed by atoms with E-state index in [2.05, 4.69) is 54.2 Å². The van der Waals surface area contributed by atoms with E-state index >= 15 is 0 Å². The van der Waals surface area contributed by atoms with Crippen molar-refractivity contribution in [1.82, 2.24) is 10.2 Å². The van der Waals surface area contributed by atoms with Gasteiger partial charge in [0, 0.05) is 30.9 Å². The lowest BCUT2D eigenvalue weighted by molar-refractivity contribution is 0.248. The lowest BCUT2D eigenvalue weighted by Gasteiger charge is -2.40. The van der Waals surface area contributed by atoms with Gasteiger partial charge in [0.15, 0.2) is 0 Å². The van der Waals surface area contributed by atoms with Crippen LogP contribution in [0, 0.1) is 6.92 Å². The molecule has 3 nitrogen and oxygen atoms in total. The second kappa shape index (κ2) is 5.74. The van der Waals surface area contributed by atoms with Gasteiger partial charge in [0.1, 0.15) is 0 Å². The standard InChI is InChI=1S/C17H27N3/c1-13-5-4-6-15-11-18-14(2)12-20(17(13)15)16-7-9-19(3)10-8-16/h4-6,14,16,18H,7-12H2,1-3H3. The van der Waals surface area contributed by atoms with Crippen LogP contribution in [0.4, 0.5) is 5.69 Å². The lowest BCUT2D eigenvalue weighted by atomic mass is 9.99. The number of anilines is 1. The number of nitrogens with one attached hydrogen (secondary N) is 1. The Labute approximate surface area is 123 Å². The molecule has 0 spiro atoms. The van der Waals surface area contributed by atoms with Crippen LogP contribution in [-0.2, 0) is 6.54 Å². The van der Waals surface area contributed by atoms with Gasteiger partial charge >= 0.3 is 0 Å². The Kier molecular flexibility index (Phi) is 3.99. The summed E-state index contributed by atoms with van der Waals surface area (Å²) in [6.45, 7) is 9.15. The minimum Gasteiger partial charge on any atom is -0.366 e. The van der Waals surface area contributed by atoms with Crippen LogP contribution in [0.5, 0.6) is 0 Å². The first-order chi connectivity index (χ1) is 9.65. The molecule has 3 heteroatoms. The van der Waals surface area contributed by atoms with Crippen molar-refractivity contribution in [3.05, 3.63) is 29.3 Å². The molecule has 0 bridgehead atoms. The Balaban J connectivity index is 1.92. The second-order valence-corrected chi connectivity index (χ2v) is 6.55. The van der Waals surface area contributed by atoms with Gasteiger partial charge in [0.2, 0.25) is 0 Å². The number of likely N-dealkylation sites (tertiary alicyclic amines) is 1. The molecule has 3 rings (SSSR count). The van der Waals surface area contributed by atoms with E-state index in [9.17, 15) is 0 Å². The van der Waals surface area contributed by atoms with Crippen LogP contribution in [0.15, 0.2) is 18.2 Å². The number of piperidine rings is 1. The van der Waals surface area contributed by atoms with Gasteiger partial charge in [-0.15, -0.1) is 0 Å². The first-order valence-electron chi connectivity index (χ1n) is 7.92. The summed E-state index contributed by atoms with van der Waals surface area (Å²) < 4.78 is 0. The number of fused-ring (bicyclic) bond motifs is 1. The minimum absolute atomic E-state index is 0.557. The van der Waals surface area contributed by atoms with Gasteiger partial charge in [-0.1, -0.05) is 18.2 Å². The quantitative estimate of drug-likeness (QED) is 0.847. The lowest BCUT2D eigenvalue weighted by Crippen LogP contribution is -2.47. The van der Waals surface area contributed by atoms with Gasteiger partial charge in [-0.3, -0.25) is 0 Å². The van der Waals surface area contributed by atoms with Gasteiger partial charge in [-0.05, 0) is 58.0 Å². The molecule has 1 unspecified atom stereocenters. The summed E-state index contributed by atoms with van der Waals surface area (Å²) in [5.41, 5.74) is 4.39. The highest BCUT2D eigenvalue weighted by Gasteiger charge is 2.28. The highest BCUT2D eigenvalue weighted by Crippen LogP contribution is 2.31. The molecule has 20 heavy (non-hydrogen) atoms. The number of hydrogen-bond donors (Lipinski definition) is 1. The van der Waals surface area contributed by atoms with Crippen LogP contribution in [0.25, 0.3) is 0 Å². The second-order valence-electron chi connectivity index (χ2n) is 6.55. The van der Waals surface area contributed by atoms with Crippen molar-refractivity contribution in [3.8, 4) is 0 Å². The fourth-order valence-electron chi connectivity index (χ4n) is 3.65. The van der Waals surface area contributed by atoms with Crippen molar-refractivity contribution in [3.63, 3.8) is 0 Å². The Morgan fingerprint density at radius 1 is 1.20 bits per heavy atom. The van der Waals surface area contributed by atoms with Gasteiger partial charge < -0.3 is 15.1 Å². The first-order valence-corrected chi connectivity index (χ1v) is 7.92. The van der Waals surface area contributed by atoms with Gasteiger partial charge in [-0.25, -0.2) is 0 Å². The molecule has 1 aromatic rings. The summed E-state index contributed by atoms with van der Waals surface area (Å²) in [5.74, 6) is 0. The van der Waals surface area contributed by atoms with Crippen LogP contribution in [0.2, 0.25) is 0 Å². The van der Waals surface area contributed by atoms with E-state index in [0.717, 1.165) is 13.1 Å². The molecule has 2 aliphatic heterocycles. The highest BCUT2D eigenvalue weighted by molar-refractivity contribution is 5.61. The average Bonchev–Trinajstić information content (AvgIpc) is 2.60. The van der Waals surface area contributed by atoms with E-state index < -0.39 is 0 Å². The van der Waals surface area contributed by atoms with Crippen LogP contribution in [-0.4, -0.2) is 43.7 Å². The third-order valence-electron chi connectivity index (χ3n) is 4.85. The molecule has 0 radical (unpaired) electrons. The Morgan fingerprint density at radius 3 is 2.70 bits per heavy atom. The Hall–Kier alpha value is -1.06. The summed E-state index contributed by atoms with van der Waals surface area (Å²) >= 11 is 0. The predicted molar refractivity (Wildman–Crippen MR) is 85.3 cm³/mol. The van der Waals surface area contributed by atoms with Crippen molar-refractivity contribution in [2.45, 2.75) is 45.3 Å². The normalized spacial score (nSPS) is 25.4. The van der Waals surface area contributed by atoms with E-state index in [1.165, 1.54) is 42.7 Å². The molecule has 2 heterocycles. The van der Waals surface area contributed by atoms with E-state index in [-0.39, 0.29) is 0 Å². The first kappa shape index (κ1) is 13.9. The zero-order valence-corrected chi connectivity index (χ0v) is 13.0. The molecule has 1 saturated heterocycles. The number of para-hydroxylation sites is 1. The maximum Gasteiger partial charge on any atom is 0.0444 e. The van der Waals surface area contributed by atoms with Crippen molar-refractivity contribution >= 4 is 5.69 Å². The van der Waals surface area contributed by atoms with E-state index in [0.29, 0.717) is 12.1 Å². The zero-order chi connectivity index (χ0) is 14.1. The molecule has 1 fully saturated rings. The summed E-state index contributed by atoms with van der Waals surface area (Å²) in [5, 5.41) is 3.65. The maximum absolute atomic E-state index is 3.65. The maximum atomic E-state index is 3.65. The van der Waals surface area contributed by atoms with E-state index in [4.69, 9.17) is 0 Å². The minimum atomic E-state index is 0.557. The van der Waals surface area contributed by atoms with Gasteiger partial charge in [-0.2, -0.15) is 0 Å².